The summed E-state index contributed by atoms with van der Waals surface area (Å²) in [6.45, 7) is 1.74. The van der Waals surface area contributed by atoms with Gasteiger partial charge in [0.15, 0.2) is 0 Å². The van der Waals surface area contributed by atoms with Crippen molar-refractivity contribution in [2.45, 2.75) is 18.9 Å². The molecule has 0 saturated heterocycles. The Hall–Kier alpha value is -3.86. The SMILES string of the molecule is COc1nc2cc(-c3conc3C)ccc2n1C(NC(=O)c1ccccc1)(OC)C(F)(F)F. The molecule has 8 nitrogen and oxygen atoms in total. The molecule has 4 aromatic rings. The van der Waals surface area contributed by atoms with Crippen molar-refractivity contribution >= 4 is 16.9 Å². The predicted molar refractivity (Wildman–Crippen MR) is 111 cm³/mol. The number of hydrogen-bond donors (Lipinski definition) is 1. The number of aryl methyl sites for hydroxylation is 1. The van der Waals surface area contributed by atoms with E-state index in [0.717, 1.165) is 7.11 Å². The number of rotatable bonds is 6. The average Bonchev–Trinajstić information content (AvgIpc) is 3.39. The first kappa shape index (κ1) is 22.3. The number of aromatic nitrogens is 3. The van der Waals surface area contributed by atoms with E-state index < -0.39 is 23.9 Å². The number of alkyl halides is 3. The molecule has 172 valence electrons. The Morgan fingerprint density at radius 2 is 1.85 bits per heavy atom. The molecule has 0 radical (unpaired) electrons. The van der Waals surface area contributed by atoms with E-state index in [0.29, 0.717) is 21.4 Å². The summed E-state index contributed by atoms with van der Waals surface area (Å²) in [4.78, 5) is 17.0. The van der Waals surface area contributed by atoms with Crippen LogP contribution in [0.2, 0.25) is 0 Å². The lowest BCUT2D eigenvalue weighted by molar-refractivity contribution is -0.317. The van der Waals surface area contributed by atoms with E-state index in [2.05, 4.69) is 10.1 Å². The minimum absolute atomic E-state index is 0.0248. The molecular formula is C22H19F3N4O4. The molecule has 4 rings (SSSR count). The fraction of sp³-hybridized carbons (Fsp3) is 0.227. The zero-order valence-electron chi connectivity index (χ0n) is 17.8. The van der Waals surface area contributed by atoms with Crippen LogP contribution >= 0.6 is 0 Å². The quantitative estimate of drug-likeness (QED) is 0.433. The standard InChI is InChI=1S/C22H19F3N4O4/c1-13-16(12-33-28-13)15-9-10-18-17(11-15)26-20(31-2)29(18)22(32-3,21(23,24)25)27-19(30)14-7-5-4-6-8-14/h4-12H,1-3H3,(H,27,30). The number of ether oxygens (including phenoxy) is 2. The summed E-state index contributed by atoms with van der Waals surface area (Å²) < 4.78 is 59.4. The highest BCUT2D eigenvalue weighted by Gasteiger charge is 2.61. The summed E-state index contributed by atoms with van der Waals surface area (Å²) in [6.07, 6.45) is -3.66. The Morgan fingerprint density at radius 1 is 1.12 bits per heavy atom. The molecule has 1 unspecified atom stereocenters. The molecule has 1 atom stereocenters. The number of nitrogens with one attached hydrogen (secondary N) is 1. The largest absolute Gasteiger partial charge is 0.468 e. The third-order valence-electron chi connectivity index (χ3n) is 5.18. The molecule has 0 aliphatic carbocycles. The lowest BCUT2D eigenvalue weighted by atomic mass is 10.1. The van der Waals surface area contributed by atoms with E-state index in [1.54, 1.807) is 37.3 Å². The highest BCUT2D eigenvalue weighted by Crippen LogP contribution is 2.41. The van der Waals surface area contributed by atoms with Crippen molar-refractivity contribution in [2.75, 3.05) is 14.2 Å². The number of carbonyl (C=O) groups is 1. The Kier molecular flexibility index (Phi) is 5.58. The molecule has 1 amide bonds. The normalized spacial score (nSPS) is 13.6. The minimum atomic E-state index is -5.09. The molecule has 11 heteroatoms. The van der Waals surface area contributed by atoms with Crippen molar-refractivity contribution in [3.63, 3.8) is 0 Å². The Labute approximate surface area is 185 Å². The van der Waals surface area contributed by atoms with E-state index >= 15 is 0 Å². The zero-order chi connectivity index (χ0) is 23.8. The molecule has 0 fully saturated rings. The number of amides is 1. The lowest BCUT2D eigenvalue weighted by Crippen LogP contribution is -2.61. The zero-order valence-corrected chi connectivity index (χ0v) is 17.8. The van der Waals surface area contributed by atoms with Crippen LogP contribution in [-0.2, 0) is 10.6 Å². The van der Waals surface area contributed by atoms with Crippen molar-refractivity contribution in [3.8, 4) is 17.1 Å². The highest BCUT2D eigenvalue weighted by molar-refractivity contribution is 5.94. The van der Waals surface area contributed by atoms with Gasteiger partial charge < -0.3 is 14.0 Å². The van der Waals surface area contributed by atoms with Gasteiger partial charge in [0.05, 0.1) is 23.8 Å². The van der Waals surface area contributed by atoms with Crippen molar-refractivity contribution in [3.05, 3.63) is 66.1 Å². The average molecular weight is 460 g/mol. The van der Waals surface area contributed by atoms with E-state index in [-0.39, 0.29) is 16.6 Å². The van der Waals surface area contributed by atoms with Crippen molar-refractivity contribution in [2.24, 2.45) is 0 Å². The fourth-order valence-corrected chi connectivity index (χ4v) is 3.56. The van der Waals surface area contributed by atoms with E-state index in [1.165, 1.54) is 31.6 Å². The fourth-order valence-electron chi connectivity index (χ4n) is 3.56. The van der Waals surface area contributed by atoms with Gasteiger partial charge >= 0.3 is 18.0 Å². The van der Waals surface area contributed by atoms with Crippen LogP contribution < -0.4 is 10.1 Å². The highest BCUT2D eigenvalue weighted by atomic mass is 19.4. The first-order chi connectivity index (χ1) is 15.7. The van der Waals surface area contributed by atoms with E-state index in [4.69, 9.17) is 14.0 Å². The van der Waals surface area contributed by atoms with Crippen LogP contribution in [0.15, 0.2) is 59.3 Å². The molecular weight excluding hydrogens is 441 g/mol. The van der Waals surface area contributed by atoms with Crippen molar-refractivity contribution < 1.29 is 32.0 Å². The lowest BCUT2D eigenvalue weighted by Gasteiger charge is -2.36. The number of carbonyl (C=O) groups excluding carboxylic acids is 1. The predicted octanol–water partition coefficient (Wildman–Crippen LogP) is 4.26. The second-order valence-electron chi connectivity index (χ2n) is 7.12. The summed E-state index contributed by atoms with van der Waals surface area (Å²) in [5, 5.41) is 5.81. The molecule has 0 aliphatic heterocycles. The summed E-state index contributed by atoms with van der Waals surface area (Å²) in [7, 11) is 2.03. The molecule has 33 heavy (non-hydrogen) atoms. The van der Waals surface area contributed by atoms with Crippen LogP contribution in [0.1, 0.15) is 16.1 Å². The van der Waals surface area contributed by atoms with Gasteiger partial charge in [-0.3, -0.25) is 10.1 Å². The third kappa shape index (κ3) is 3.69. The number of nitrogens with zero attached hydrogens (tertiary/aromatic N) is 3. The minimum Gasteiger partial charge on any atom is -0.468 e. The summed E-state index contributed by atoms with van der Waals surface area (Å²) >= 11 is 0. The number of halogens is 3. The first-order valence-electron chi connectivity index (χ1n) is 9.69. The van der Waals surface area contributed by atoms with Gasteiger partial charge in [-0.15, -0.1) is 0 Å². The van der Waals surface area contributed by atoms with Gasteiger partial charge in [-0.05, 0) is 36.8 Å². The van der Waals surface area contributed by atoms with Crippen LogP contribution in [0.5, 0.6) is 6.01 Å². The van der Waals surface area contributed by atoms with Gasteiger partial charge in [0.25, 0.3) is 5.91 Å². The van der Waals surface area contributed by atoms with Gasteiger partial charge in [0.1, 0.15) is 6.26 Å². The molecule has 1 N–H and O–H groups in total. The molecule has 0 spiro atoms. The van der Waals surface area contributed by atoms with Crippen molar-refractivity contribution in [1.29, 1.82) is 0 Å². The van der Waals surface area contributed by atoms with Gasteiger partial charge in [-0.25, -0.2) is 4.57 Å². The molecule has 0 bridgehead atoms. The molecule has 0 aliphatic rings. The molecule has 2 heterocycles. The maximum atomic E-state index is 14.6. The van der Waals surface area contributed by atoms with Crippen LogP contribution in [0.25, 0.3) is 22.2 Å². The van der Waals surface area contributed by atoms with Crippen LogP contribution in [0.3, 0.4) is 0 Å². The second kappa shape index (κ2) is 8.24. The first-order valence-corrected chi connectivity index (χ1v) is 9.69. The maximum absolute atomic E-state index is 14.6. The Balaban J connectivity index is 1.91. The number of benzene rings is 2. The van der Waals surface area contributed by atoms with Crippen LogP contribution in [-0.4, -0.2) is 41.0 Å². The van der Waals surface area contributed by atoms with E-state index in [9.17, 15) is 18.0 Å². The number of hydrogen-bond acceptors (Lipinski definition) is 6. The number of methoxy groups -OCH3 is 2. The Bertz CT molecular complexity index is 1300. The molecule has 2 aromatic carbocycles. The summed E-state index contributed by atoms with van der Waals surface area (Å²) in [5.41, 5.74) is 2.14. The van der Waals surface area contributed by atoms with Crippen molar-refractivity contribution in [1.82, 2.24) is 20.0 Å². The smallest absolute Gasteiger partial charge is 0.459 e. The second-order valence-corrected chi connectivity index (χ2v) is 7.12. The monoisotopic (exact) mass is 460 g/mol. The molecule has 0 saturated carbocycles. The van der Waals surface area contributed by atoms with Gasteiger partial charge in [0, 0.05) is 18.2 Å². The van der Waals surface area contributed by atoms with Gasteiger partial charge in [-0.2, -0.15) is 18.2 Å². The summed E-state index contributed by atoms with van der Waals surface area (Å²) in [5.74, 6) is -4.29. The maximum Gasteiger partial charge on any atom is 0.459 e. The molecule has 2 aromatic heterocycles. The summed E-state index contributed by atoms with van der Waals surface area (Å²) in [6, 6.07) is 11.7. The topological polar surface area (TPSA) is 91.4 Å². The van der Waals surface area contributed by atoms with Crippen LogP contribution in [0, 0.1) is 6.92 Å². The van der Waals surface area contributed by atoms with Gasteiger partial charge in [0.2, 0.25) is 0 Å². The number of imidazole rings is 1. The Morgan fingerprint density at radius 3 is 2.42 bits per heavy atom. The van der Waals surface area contributed by atoms with Crippen LogP contribution in [0.4, 0.5) is 13.2 Å². The van der Waals surface area contributed by atoms with E-state index in [1.807, 2.05) is 5.32 Å². The van der Waals surface area contributed by atoms with Gasteiger partial charge in [-0.1, -0.05) is 29.4 Å². The number of fused-ring (bicyclic) bond motifs is 1. The third-order valence-corrected chi connectivity index (χ3v) is 5.18.